The molecule has 1 unspecified atom stereocenters. The van der Waals surface area contributed by atoms with E-state index in [1.54, 1.807) is 37.4 Å². The first kappa shape index (κ1) is 24.0. The first-order valence-corrected chi connectivity index (χ1v) is 12.6. The Morgan fingerprint density at radius 2 is 1.75 bits per heavy atom. The molecule has 36 heavy (non-hydrogen) atoms. The molecule has 182 valence electrons. The number of aliphatic hydroxyl groups is 1. The molecular weight excluding hydrogens is 496 g/mol. The molecule has 0 bridgehead atoms. The monoisotopic (exact) mass is 518 g/mol. The Morgan fingerprint density at radius 3 is 2.39 bits per heavy atom. The van der Waals surface area contributed by atoms with E-state index < -0.39 is 17.7 Å². The molecule has 3 aromatic carbocycles. The SMILES string of the molecule is COc1ccc2nc(N3C(=O)C(=O)/C(=C(\O)c4ccc(Cl)cc4)C3c3ccc(C(C)C)cc3)sc2c1. The molecule has 1 N–H and O–H groups in total. The lowest BCUT2D eigenvalue weighted by Gasteiger charge is -2.23. The minimum atomic E-state index is -0.843. The molecule has 1 atom stereocenters. The Hall–Kier alpha value is -3.68. The fourth-order valence-electron chi connectivity index (χ4n) is 4.29. The summed E-state index contributed by atoms with van der Waals surface area (Å²) in [5.41, 5.74) is 2.92. The molecule has 8 heteroatoms. The zero-order valence-electron chi connectivity index (χ0n) is 19.9. The van der Waals surface area contributed by atoms with Crippen LogP contribution in [0.2, 0.25) is 5.02 Å². The highest BCUT2D eigenvalue weighted by Gasteiger charge is 2.48. The van der Waals surface area contributed by atoms with E-state index in [2.05, 4.69) is 18.8 Å². The van der Waals surface area contributed by atoms with Crippen molar-refractivity contribution in [2.24, 2.45) is 0 Å². The Balaban J connectivity index is 1.70. The summed E-state index contributed by atoms with van der Waals surface area (Å²) in [4.78, 5) is 32.8. The number of halogens is 1. The van der Waals surface area contributed by atoms with Crippen molar-refractivity contribution in [1.29, 1.82) is 0 Å². The van der Waals surface area contributed by atoms with Crippen molar-refractivity contribution in [3.05, 3.63) is 94.0 Å². The average Bonchev–Trinajstić information content (AvgIpc) is 3.41. The van der Waals surface area contributed by atoms with Crippen LogP contribution < -0.4 is 9.64 Å². The Morgan fingerprint density at radius 1 is 1.06 bits per heavy atom. The van der Waals surface area contributed by atoms with Crippen molar-refractivity contribution in [2.45, 2.75) is 25.8 Å². The zero-order valence-corrected chi connectivity index (χ0v) is 21.4. The maximum absolute atomic E-state index is 13.4. The first-order valence-electron chi connectivity index (χ1n) is 11.4. The van der Waals surface area contributed by atoms with Gasteiger partial charge in [0.05, 0.1) is 28.9 Å². The summed E-state index contributed by atoms with van der Waals surface area (Å²) >= 11 is 7.30. The zero-order chi connectivity index (χ0) is 25.6. The lowest BCUT2D eigenvalue weighted by atomic mass is 9.93. The second kappa shape index (κ2) is 9.41. The molecule has 2 heterocycles. The number of rotatable bonds is 5. The van der Waals surface area contributed by atoms with Crippen LogP contribution >= 0.6 is 22.9 Å². The maximum atomic E-state index is 13.4. The molecule has 6 nitrogen and oxygen atoms in total. The van der Waals surface area contributed by atoms with Crippen molar-refractivity contribution in [3.63, 3.8) is 0 Å². The number of carbonyl (C=O) groups is 2. The van der Waals surface area contributed by atoms with Crippen molar-refractivity contribution >= 4 is 55.7 Å². The molecule has 1 fully saturated rings. The minimum Gasteiger partial charge on any atom is -0.507 e. The van der Waals surface area contributed by atoms with Gasteiger partial charge in [-0.25, -0.2) is 4.98 Å². The highest BCUT2D eigenvalue weighted by molar-refractivity contribution is 7.22. The van der Waals surface area contributed by atoms with E-state index in [0.29, 0.717) is 38.5 Å². The van der Waals surface area contributed by atoms with Gasteiger partial charge < -0.3 is 9.84 Å². The highest BCUT2D eigenvalue weighted by atomic mass is 35.5. The van der Waals surface area contributed by atoms with E-state index in [0.717, 1.165) is 10.3 Å². The summed E-state index contributed by atoms with van der Waals surface area (Å²) in [7, 11) is 1.58. The molecule has 0 saturated carbocycles. The molecular formula is C28H23ClN2O4S. The van der Waals surface area contributed by atoms with Crippen LogP contribution in [-0.4, -0.2) is 28.9 Å². The van der Waals surface area contributed by atoms with Crippen molar-refractivity contribution in [1.82, 2.24) is 4.98 Å². The third-order valence-electron chi connectivity index (χ3n) is 6.27. The quantitative estimate of drug-likeness (QED) is 0.180. The topological polar surface area (TPSA) is 79.7 Å². The van der Waals surface area contributed by atoms with Crippen LogP contribution in [0.1, 0.15) is 42.5 Å². The average molecular weight is 519 g/mol. The van der Waals surface area contributed by atoms with Gasteiger partial charge in [-0.2, -0.15) is 0 Å². The van der Waals surface area contributed by atoms with Gasteiger partial charge in [0, 0.05) is 10.6 Å². The number of carbonyl (C=O) groups excluding carboxylic acids is 2. The summed E-state index contributed by atoms with van der Waals surface area (Å²) in [5.74, 6) is -0.776. The van der Waals surface area contributed by atoms with Gasteiger partial charge in [-0.3, -0.25) is 14.5 Å². The molecule has 1 aromatic heterocycles. The number of ether oxygens (including phenoxy) is 1. The first-order chi connectivity index (χ1) is 17.3. The number of fused-ring (bicyclic) bond motifs is 1. The van der Waals surface area contributed by atoms with Crippen molar-refractivity contribution in [2.75, 3.05) is 12.0 Å². The number of aliphatic hydroxyl groups excluding tert-OH is 1. The van der Waals surface area contributed by atoms with E-state index in [1.807, 2.05) is 36.4 Å². The van der Waals surface area contributed by atoms with Gasteiger partial charge in [0.1, 0.15) is 11.5 Å². The summed E-state index contributed by atoms with van der Waals surface area (Å²) in [6, 6.07) is 18.8. The molecule has 0 aliphatic carbocycles. The van der Waals surface area contributed by atoms with Gasteiger partial charge in [-0.05, 0) is 59.5 Å². The van der Waals surface area contributed by atoms with Crippen LogP contribution in [0.5, 0.6) is 5.75 Å². The van der Waals surface area contributed by atoms with Crippen LogP contribution in [0.15, 0.2) is 72.3 Å². The number of hydrogen-bond acceptors (Lipinski definition) is 6. The van der Waals surface area contributed by atoms with Gasteiger partial charge in [-0.1, -0.05) is 61.1 Å². The number of nitrogens with zero attached hydrogens (tertiary/aromatic N) is 2. The number of Topliss-reactive ketones (excluding diaryl/α,β-unsaturated/α-hetero) is 1. The predicted octanol–water partition coefficient (Wildman–Crippen LogP) is 6.71. The second-order valence-electron chi connectivity index (χ2n) is 8.83. The Labute approximate surface area is 217 Å². The predicted molar refractivity (Wildman–Crippen MR) is 143 cm³/mol. The van der Waals surface area contributed by atoms with Gasteiger partial charge in [0.2, 0.25) is 0 Å². The highest BCUT2D eigenvalue weighted by Crippen LogP contribution is 2.44. The number of hydrogen-bond donors (Lipinski definition) is 1. The van der Waals surface area contributed by atoms with Crippen LogP contribution in [0.3, 0.4) is 0 Å². The van der Waals surface area contributed by atoms with Crippen LogP contribution in [0, 0.1) is 0 Å². The van der Waals surface area contributed by atoms with E-state index in [4.69, 9.17) is 16.3 Å². The second-order valence-corrected chi connectivity index (χ2v) is 10.3. The van der Waals surface area contributed by atoms with Crippen LogP contribution in [0.4, 0.5) is 5.13 Å². The number of thiazole rings is 1. The van der Waals surface area contributed by atoms with Crippen molar-refractivity contribution < 1.29 is 19.4 Å². The number of anilines is 1. The van der Waals surface area contributed by atoms with Gasteiger partial charge >= 0.3 is 5.91 Å². The molecule has 5 rings (SSSR count). The van der Waals surface area contributed by atoms with E-state index in [9.17, 15) is 14.7 Å². The summed E-state index contributed by atoms with van der Waals surface area (Å²) in [6.07, 6.45) is 0. The molecule has 1 saturated heterocycles. The summed E-state index contributed by atoms with van der Waals surface area (Å²) < 4.78 is 6.13. The smallest absolute Gasteiger partial charge is 0.301 e. The summed E-state index contributed by atoms with van der Waals surface area (Å²) in [5, 5.41) is 12.1. The molecule has 1 amide bonds. The standard InChI is InChI=1S/C28H23ClN2O4S/c1-15(2)16-4-6-17(7-5-16)24-23(25(32)18-8-10-19(29)11-9-18)26(33)27(34)31(24)28-30-21-13-12-20(35-3)14-22(21)36-28/h4-15,24,32H,1-3H3/b25-23-. The van der Waals surface area contributed by atoms with E-state index >= 15 is 0 Å². The van der Waals surface area contributed by atoms with E-state index in [1.165, 1.54) is 16.2 Å². The normalized spacial score (nSPS) is 17.4. The number of amides is 1. The largest absolute Gasteiger partial charge is 0.507 e. The fourth-order valence-corrected chi connectivity index (χ4v) is 5.44. The number of benzene rings is 3. The summed E-state index contributed by atoms with van der Waals surface area (Å²) in [6.45, 7) is 4.19. The van der Waals surface area contributed by atoms with Crippen molar-refractivity contribution in [3.8, 4) is 5.75 Å². The molecule has 1 aliphatic rings. The van der Waals surface area contributed by atoms with Gasteiger partial charge in [0.25, 0.3) is 5.78 Å². The number of aromatic nitrogens is 1. The lowest BCUT2D eigenvalue weighted by Crippen LogP contribution is -2.29. The Kier molecular flexibility index (Phi) is 6.28. The lowest BCUT2D eigenvalue weighted by molar-refractivity contribution is -0.132. The maximum Gasteiger partial charge on any atom is 0.301 e. The third kappa shape index (κ3) is 4.14. The Bertz CT molecular complexity index is 1510. The molecule has 0 radical (unpaired) electrons. The molecule has 4 aromatic rings. The molecule has 1 aliphatic heterocycles. The minimum absolute atomic E-state index is 0.0106. The number of ketones is 1. The number of methoxy groups -OCH3 is 1. The third-order valence-corrected chi connectivity index (χ3v) is 7.54. The van der Waals surface area contributed by atoms with Crippen LogP contribution in [-0.2, 0) is 9.59 Å². The fraction of sp³-hybridized carbons (Fsp3) is 0.179. The van der Waals surface area contributed by atoms with Gasteiger partial charge in [0.15, 0.2) is 5.13 Å². The van der Waals surface area contributed by atoms with Gasteiger partial charge in [-0.15, -0.1) is 0 Å². The molecule has 0 spiro atoms. The van der Waals surface area contributed by atoms with Crippen LogP contribution in [0.25, 0.3) is 16.0 Å². The van der Waals surface area contributed by atoms with E-state index in [-0.39, 0.29) is 11.3 Å².